The minimum atomic E-state index is -0.0803. The molecule has 94 valence electrons. The lowest BCUT2D eigenvalue weighted by atomic mass is 9.80. The number of rotatable bonds is 3. The largest absolute Gasteiger partial charge is 0.310 e. The zero-order valence-electron chi connectivity index (χ0n) is 10.2. The number of halogens is 1. The summed E-state index contributed by atoms with van der Waals surface area (Å²) in [5.41, 5.74) is 0.603. The Morgan fingerprint density at radius 1 is 1.41 bits per heavy atom. The summed E-state index contributed by atoms with van der Waals surface area (Å²) in [6.07, 6.45) is 6.02. The van der Waals surface area contributed by atoms with E-state index < -0.39 is 0 Å². The Kier molecular flexibility index (Phi) is 4.21. The summed E-state index contributed by atoms with van der Waals surface area (Å²) < 4.78 is 0. The van der Waals surface area contributed by atoms with Gasteiger partial charge in [-0.05, 0) is 31.6 Å². The summed E-state index contributed by atoms with van der Waals surface area (Å²) in [6, 6.07) is 1.48. The standard InChI is InChI=1S/C13H19ClN2O/c1-2-9-3-5-10(6-4-9)13-15-11(8-14)7-12(17)16-13/h7,9-10H,2-6,8H2,1H3,(H,15,16,17). The lowest BCUT2D eigenvalue weighted by Gasteiger charge is -2.27. The van der Waals surface area contributed by atoms with Crippen LogP contribution in [-0.4, -0.2) is 9.97 Å². The number of nitrogens with zero attached hydrogens (tertiary/aromatic N) is 1. The smallest absolute Gasteiger partial charge is 0.251 e. The molecule has 4 heteroatoms. The van der Waals surface area contributed by atoms with Crippen molar-refractivity contribution in [3.8, 4) is 0 Å². The average Bonchev–Trinajstić information content (AvgIpc) is 2.38. The van der Waals surface area contributed by atoms with Gasteiger partial charge >= 0.3 is 0 Å². The molecule has 1 aliphatic carbocycles. The van der Waals surface area contributed by atoms with E-state index in [1.807, 2.05) is 0 Å². The van der Waals surface area contributed by atoms with E-state index in [4.69, 9.17) is 11.6 Å². The number of hydrogen-bond acceptors (Lipinski definition) is 2. The second kappa shape index (κ2) is 5.67. The van der Waals surface area contributed by atoms with Crippen LogP contribution in [0.4, 0.5) is 0 Å². The van der Waals surface area contributed by atoms with Crippen LogP contribution in [0.15, 0.2) is 10.9 Å². The molecule has 0 aromatic carbocycles. The maximum atomic E-state index is 11.5. The average molecular weight is 255 g/mol. The van der Waals surface area contributed by atoms with Crippen molar-refractivity contribution in [2.24, 2.45) is 5.92 Å². The van der Waals surface area contributed by atoms with Gasteiger partial charge < -0.3 is 4.98 Å². The van der Waals surface area contributed by atoms with Crippen molar-refractivity contribution in [2.45, 2.75) is 50.8 Å². The molecule has 1 aliphatic rings. The van der Waals surface area contributed by atoms with Crippen molar-refractivity contribution >= 4 is 11.6 Å². The Balaban J connectivity index is 2.12. The second-order valence-corrected chi connectivity index (χ2v) is 5.15. The number of alkyl halides is 1. The third-order valence-electron chi connectivity index (χ3n) is 3.76. The van der Waals surface area contributed by atoms with Gasteiger partial charge in [0.1, 0.15) is 5.82 Å². The van der Waals surface area contributed by atoms with E-state index in [0.29, 0.717) is 17.5 Å². The Morgan fingerprint density at radius 2 is 2.12 bits per heavy atom. The zero-order valence-corrected chi connectivity index (χ0v) is 11.0. The van der Waals surface area contributed by atoms with Crippen molar-refractivity contribution < 1.29 is 0 Å². The van der Waals surface area contributed by atoms with Crippen LogP contribution in [0.2, 0.25) is 0 Å². The Labute approximate surface area is 107 Å². The van der Waals surface area contributed by atoms with Crippen LogP contribution in [-0.2, 0) is 5.88 Å². The van der Waals surface area contributed by atoms with Crippen molar-refractivity contribution in [3.63, 3.8) is 0 Å². The molecule has 1 aromatic heterocycles. The third-order valence-corrected chi connectivity index (χ3v) is 4.03. The predicted octanol–water partition coefficient (Wildman–Crippen LogP) is 3.19. The molecular weight excluding hydrogens is 236 g/mol. The first-order chi connectivity index (χ1) is 8.22. The molecule has 0 bridgehead atoms. The molecule has 0 atom stereocenters. The highest BCUT2D eigenvalue weighted by molar-refractivity contribution is 6.16. The normalized spacial score (nSPS) is 24.8. The molecule has 1 N–H and O–H groups in total. The number of aromatic amines is 1. The van der Waals surface area contributed by atoms with Crippen LogP contribution in [0.25, 0.3) is 0 Å². The van der Waals surface area contributed by atoms with Gasteiger partial charge in [-0.1, -0.05) is 13.3 Å². The van der Waals surface area contributed by atoms with E-state index in [0.717, 1.165) is 24.6 Å². The monoisotopic (exact) mass is 254 g/mol. The van der Waals surface area contributed by atoms with Gasteiger partial charge in [0.05, 0.1) is 11.6 Å². The first-order valence-electron chi connectivity index (χ1n) is 6.39. The summed E-state index contributed by atoms with van der Waals surface area (Å²) in [4.78, 5) is 18.8. The summed E-state index contributed by atoms with van der Waals surface area (Å²) >= 11 is 5.74. The van der Waals surface area contributed by atoms with E-state index in [1.54, 1.807) is 0 Å². The topological polar surface area (TPSA) is 45.8 Å². The fourth-order valence-corrected chi connectivity index (χ4v) is 2.77. The molecule has 1 saturated carbocycles. The lowest BCUT2D eigenvalue weighted by molar-refractivity contribution is 0.311. The summed E-state index contributed by atoms with van der Waals surface area (Å²) in [6.45, 7) is 2.25. The van der Waals surface area contributed by atoms with Crippen molar-refractivity contribution in [1.82, 2.24) is 9.97 Å². The highest BCUT2D eigenvalue weighted by Gasteiger charge is 2.23. The number of nitrogens with one attached hydrogen (secondary N) is 1. The Hall–Kier alpha value is -0.830. The molecule has 0 unspecified atom stereocenters. The van der Waals surface area contributed by atoms with Crippen molar-refractivity contribution in [3.05, 3.63) is 27.9 Å². The molecule has 1 heterocycles. The van der Waals surface area contributed by atoms with Crippen LogP contribution in [0, 0.1) is 5.92 Å². The van der Waals surface area contributed by atoms with Crippen molar-refractivity contribution in [1.29, 1.82) is 0 Å². The molecule has 0 radical (unpaired) electrons. The first kappa shape index (κ1) is 12.6. The fourth-order valence-electron chi connectivity index (χ4n) is 2.63. The minimum Gasteiger partial charge on any atom is -0.310 e. The first-order valence-corrected chi connectivity index (χ1v) is 6.92. The van der Waals surface area contributed by atoms with Crippen LogP contribution in [0.3, 0.4) is 0 Å². The third kappa shape index (κ3) is 3.09. The van der Waals surface area contributed by atoms with Gasteiger partial charge in [0, 0.05) is 12.0 Å². The highest BCUT2D eigenvalue weighted by Crippen LogP contribution is 2.35. The molecule has 1 fully saturated rings. The van der Waals surface area contributed by atoms with Gasteiger partial charge in [-0.3, -0.25) is 4.79 Å². The minimum absolute atomic E-state index is 0.0803. The molecule has 2 rings (SSSR count). The van der Waals surface area contributed by atoms with Crippen molar-refractivity contribution in [2.75, 3.05) is 0 Å². The van der Waals surface area contributed by atoms with E-state index in [9.17, 15) is 4.79 Å². The second-order valence-electron chi connectivity index (χ2n) is 4.88. The van der Waals surface area contributed by atoms with E-state index in [2.05, 4.69) is 16.9 Å². The maximum absolute atomic E-state index is 11.5. The quantitative estimate of drug-likeness (QED) is 0.842. The van der Waals surface area contributed by atoms with Crippen LogP contribution in [0.5, 0.6) is 0 Å². The van der Waals surface area contributed by atoms with Gasteiger partial charge in [0.2, 0.25) is 0 Å². The molecule has 0 amide bonds. The van der Waals surface area contributed by atoms with E-state index >= 15 is 0 Å². The molecule has 0 spiro atoms. The number of aromatic nitrogens is 2. The van der Waals surface area contributed by atoms with E-state index in [1.165, 1.54) is 25.3 Å². The van der Waals surface area contributed by atoms with Crippen LogP contribution < -0.4 is 5.56 Å². The molecule has 17 heavy (non-hydrogen) atoms. The number of hydrogen-bond donors (Lipinski definition) is 1. The molecular formula is C13H19ClN2O. The number of H-pyrrole nitrogens is 1. The summed E-state index contributed by atoms with van der Waals surface area (Å²) in [5.74, 6) is 2.41. The van der Waals surface area contributed by atoms with Gasteiger partial charge in [-0.2, -0.15) is 0 Å². The van der Waals surface area contributed by atoms with Crippen LogP contribution >= 0.6 is 11.6 Å². The van der Waals surface area contributed by atoms with Crippen LogP contribution in [0.1, 0.15) is 56.5 Å². The molecule has 0 aliphatic heterocycles. The Morgan fingerprint density at radius 3 is 2.71 bits per heavy atom. The highest BCUT2D eigenvalue weighted by atomic mass is 35.5. The lowest BCUT2D eigenvalue weighted by Crippen LogP contribution is -2.19. The van der Waals surface area contributed by atoms with Gasteiger partial charge in [0.25, 0.3) is 5.56 Å². The molecule has 3 nitrogen and oxygen atoms in total. The summed E-state index contributed by atoms with van der Waals surface area (Å²) in [5, 5.41) is 0. The zero-order chi connectivity index (χ0) is 12.3. The molecule has 0 saturated heterocycles. The SMILES string of the molecule is CCC1CCC(c2nc(CCl)cc(=O)[nH]2)CC1. The molecule has 1 aromatic rings. The van der Waals surface area contributed by atoms with E-state index in [-0.39, 0.29) is 5.56 Å². The Bertz CT molecular complexity index is 422. The van der Waals surface area contributed by atoms with Gasteiger partial charge in [0.15, 0.2) is 0 Å². The fraction of sp³-hybridized carbons (Fsp3) is 0.692. The van der Waals surface area contributed by atoms with Gasteiger partial charge in [-0.25, -0.2) is 4.98 Å². The maximum Gasteiger partial charge on any atom is 0.251 e. The summed E-state index contributed by atoms with van der Waals surface area (Å²) in [7, 11) is 0. The van der Waals surface area contributed by atoms with Gasteiger partial charge in [-0.15, -0.1) is 11.6 Å². The predicted molar refractivity (Wildman–Crippen MR) is 69.4 cm³/mol.